The number of ketones is 1. The third-order valence-electron chi connectivity index (χ3n) is 4.73. The van der Waals surface area contributed by atoms with Gasteiger partial charge in [-0.3, -0.25) is 14.6 Å². The molecule has 6 nitrogen and oxygen atoms in total. The van der Waals surface area contributed by atoms with Gasteiger partial charge in [0.25, 0.3) is 11.7 Å². The van der Waals surface area contributed by atoms with E-state index >= 15 is 0 Å². The molecule has 0 spiro atoms. The van der Waals surface area contributed by atoms with E-state index in [0.717, 1.165) is 23.0 Å². The van der Waals surface area contributed by atoms with Gasteiger partial charge in [0.05, 0.1) is 32.3 Å². The molecule has 1 aliphatic rings. The molecule has 1 saturated heterocycles. The van der Waals surface area contributed by atoms with Gasteiger partial charge >= 0.3 is 0 Å². The average Bonchev–Trinajstić information content (AvgIpc) is 2.93. The summed E-state index contributed by atoms with van der Waals surface area (Å²) in [5.41, 5.74) is 1.36. The van der Waals surface area contributed by atoms with E-state index in [9.17, 15) is 14.7 Å². The normalized spacial score (nSPS) is 18.9. The number of quaternary nitrogens is 1. The van der Waals surface area contributed by atoms with E-state index in [0.29, 0.717) is 12.1 Å². The fraction of sp³-hybridized carbons (Fsp3) is 0.286. The highest BCUT2D eigenvalue weighted by molar-refractivity contribution is 9.10. The molecule has 0 radical (unpaired) electrons. The second kappa shape index (κ2) is 8.67. The Balaban J connectivity index is 2.08. The first-order valence-corrected chi connectivity index (χ1v) is 9.92. The van der Waals surface area contributed by atoms with Crippen LogP contribution in [0.25, 0.3) is 5.76 Å². The molecule has 28 heavy (non-hydrogen) atoms. The lowest BCUT2D eigenvalue weighted by molar-refractivity contribution is -0.858. The van der Waals surface area contributed by atoms with Crippen molar-refractivity contribution in [3.63, 3.8) is 0 Å². The van der Waals surface area contributed by atoms with Crippen molar-refractivity contribution in [2.24, 2.45) is 0 Å². The average molecular weight is 445 g/mol. The minimum atomic E-state index is -0.656. The Morgan fingerprint density at radius 3 is 2.57 bits per heavy atom. The summed E-state index contributed by atoms with van der Waals surface area (Å²) in [5.74, 6) is -1.41. The summed E-state index contributed by atoms with van der Waals surface area (Å²) in [7, 11) is 4.09. The van der Waals surface area contributed by atoms with Crippen LogP contribution in [0.4, 0.5) is 0 Å². The topological polar surface area (TPSA) is 74.9 Å². The second-order valence-electron chi connectivity index (χ2n) is 7.09. The van der Waals surface area contributed by atoms with Crippen LogP contribution in [-0.2, 0) is 9.59 Å². The maximum atomic E-state index is 12.9. The van der Waals surface area contributed by atoms with E-state index < -0.39 is 17.7 Å². The molecule has 0 aliphatic carbocycles. The molecule has 1 aliphatic heterocycles. The Morgan fingerprint density at radius 1 is 1.21 bits per heavy atom. The van der Waals surface area contributed by atoms with Crippen molar-refractivity contribution in [3.8, 4) is 0 Å². The van der Waals surface area contributed by atoms with Crippen LogP contribution in [0.15, 0.2) is 58.8 Å². The van der Waals surface area contributed by atoms with Crippen LogP contribution in [-0.4, -0.2) is 53.9 Å². The van der Waals surface area contributed by atoms with Crippen LogP contribution in [0, 0.1) is 0 Å². The summed E-state index contributed by atoms with van der Waals surface area (Å²) in [4.78, 5) is 32.4. The van der Waals surface area contributed by atoms with Crippen molar-refractivity contribution in [1.82, 2.24) is 9.88 Å². The smallest absolute Gasteiger partial charge is 0.295 e. The number of rotatable bonds is 6. The van der Waals surface area contributed by atoms with Crippen LogP contribution in [0.5, 0.6) is 0 Å². The van der Waals surface area contributed by atoms with Gasteiger partial charge in [0.15, 0.2) is 0 Å². The summed E-state index contributed by atoms with van der Waals surface area (Å²) in [6, 6.07) is 10.1. The number of likely N-dealkylation sites (tertiary alicyclic amines) is 1. The largest absolute Gasteiger partial charge is 0.507 e. The molecule has 1 aromatic heterocycles. The zero-order valence-electron chi connectivity index (χ0n) is 15.9. The number of pyridine rings is 1. The van der Waals surface area contributed by atoms with Crippen molar-refractivity contribution >= 4 is 33.4 Å². The van der Waals surface area contributed by atoms with Crippen LogP contribution in [0.3, 0.4) is 0 Å². The molecule has 0 unspecified atom stereocenters. The minimum absolute atomic E-state index is 0.117. The van der Waals surface area contributed by atoms with Crippen LogP contribution < -0.4 is 4.90 Å². The van der Waals surface area contributed by atoms with Gasteiger partial charge in [0.2, 0.25) is 0 Å². The number of aromatic nitrogens is 1. The predicted molar refractivity (Wildman–Crippen MR) is 110 cm³/mol. The van der Waals surface area contributed by atoms with E-state index in [2.05, 4.69) is 20.9 Å². The lowest BCUT2D eigenvalue weighted by atomic mass is 9.95. The standard InChI is InChI=1S/C21H22BrN3O3/c1-24(2)11-4-12-25-18(15-5-3-6-16(22)13-15)17(20(27)21(25)28)19(26)14-7-9-23-10-8-14/h3,5-10,13,18,26H,4,11-12H2,1-2H3/p+1/b19-17-/t18-/m1/s1. The van der Waals surface area contributed by atoms with E-state index in [1.165, 1.54) is 4.90 Å². The summed E-state index contributed by atoms with van der Waals surface area (Å²) >= 11 is 3.45. The lowest BCUT2D eigenvalue weighted by Gasteiger charge is -2.25. The number of Topliss-reactive ketones (excluding diaryl/α,β-unsaturated/α-hetero) is 1. The SMILES string of the molecule is C[NH+](C)CCCN1C(=O)C(=O)/C(=C(\O)c2ccncc2)[C@H]1c1cccc(Br)c1. The molecule has 1 amide bonds. The monoisotopic (exact) mass is 444 g/mol. The Labute approximate surface area is 172 Å². The number of nitrogens with zero attached hydrogens (tertiary/aromatic N) is 2. The van der Waals surface area contributed by atoms with Crippen molar-refractivity contribution in [1.29, 1.82) is 0 Å². The first-order chi connectivity index (χ1) is 13.4. The zero-order valence-corrected chi connectivity index (χ0v) is 17.4. The van der Waals surface area contributed by atoms with E-state index in [1.807, 2.05) is 38.4 Å². The highest BCUT2D eigenvalue weighted by atomic mass is 79.9. The Hall–Kier alpha value is -2.51. The number of hydrogen-bond donors (Lipinski definition) is 2. The van der Waals surface area contributed by atoms with Gasteiger partial charge in [-0.2, -0.15) is 0 Å². The number of hydrogen-bond acceptors (Lipinski definition) is 4. The van der Waals surface area contributed by atoms with Gasteiger partial charge in [-0.05, 0) is 29.8 Å². The molecule has 1 fully saturated rings. The summed E-state index contributed by atoms with van der Waals surface area (Å²) in [5, 5.41) is 10.9. The van der Waals surface area contributed by atoms with Crippen molar-refractivity contribution in [3.05, 3.63) is 70.0 Å². The summed E-state index contributed by atoms with van der Waals surface area (Å²) < 4.78 is 0.845. The fourth-order valence-corrected chi connectivity index (χ4v) is 3.82. The third kappa shape index (κ3) is 4.15. The maximum Gasteiger partial charge on any atom is 0.295 e. The number of carbonyl (C=O) groups is 2. The zero-order chi connectivity index (χ0) is 20.3. The minimum Gasteiger partial charge on any atom is -0.507 e. The van der Waals surface area contributed by atoms with Crippen molar-refractivity contribution in [2.75, 3.05) is 27.2 Å². The fourth-order valence-electron chi connectivity index (χ4n) is 3.40. The molecule has 3 rings (SSSR count). The lowest BCUT2D eigenvalue weighted by Crippen LogP contribution is -3.05. The number of carbonyl (C=O) groups excluding carboxylic acids is 2. The second-order valence-corrected chi connectivity index (χ2v) is 8.01. The molecule has 2 heterocycles. The quantitative estimate of drug-likeness (QED) is 0.404. The van der Waals surface area contributed by atoms with Crippen molar-refractivity contribution in [2.45, 2.75) is 12.5 Å². The van der Waals surface area contributed by atoms with Gasteiger partial charge in [-0.15, -0.1) is 0 Å². The number of nitrogens with one attached hydrogen (secondary N) is 1. The molecule has 1 atom stereocenters. The van der Waals surface area contributed by atoms with Crippen LogP contribution in [0.2, 0.25) is 0 Å². The number of benzene rings is 1. The third-order valence-corrected chi connectivity index (χ3v) is 5.23. The Kier molecular flexibility index (Phi) is 6.26. The molecule has 7 heteroatoms. The number of aliphatic hydroxyl groups is 1. The molecule has 1 aromatic carbocycles. The predicted octanol–water partition coefficient (Wildman–Crippen LogP) is 1.80. The maximum absolute atomic E-state index is 12.9. The highest BCUT2D eigenvalue weighted by Gasteiger charge is 2.45. The van der Waals surface area contributed by atoms with Crippen LogP contribution in [0.1, 0.15) is 23.6 Å². The molecule has 0 bridgehead atoms. The van der Waals surface area contributed by atoms with Crippen molar-refractivity contribution < 1.29 is 19.6 Å². The number of amides is 1. The van der Waals surface area contributed by atoms with Gasteiger partial charge in [-0.1, -0.05) is 28.1 Å². The Bertz CT molecular complexity index is 912. The van der Waals surface area contributed by atoms with E-state index in [1.54, 1.807) is 29.4 Å². The molecule has 146 valence electrons. The number of halogens is 1. The van der Waals surface area contributed by atoms with Gasteiger partial charge < -0.3 is 14.9 Å². The van der Waals surface area contributed by atoms with Gasteiger partial charge in [0.1, 0.15) is 5.76 Å². The van der Waals surface area contributed by atoms with Crippen LogP contribution >= 0.6 is 15.9 Å². The first-order valence-electron chi connectivity index (χ1n) is 9.13. The molecule has 0 saturated carbocycles. The molecular formula is C21H23BrN3O3+. The molecular weight excluding hydrogens is 422 g/mol. The molecule has 2 aromatic rings. The number of aliphatic hydroxyl groups excluding tert-OH is 1. The first kappa shape index (κ1) is 20.2. The van der Waals surface area contributed by atoms with Gasteiger partial charge in [0, 0.05) is 35.4 Å². The Morgan fingerprint density at radius 2 is 1.93 bits per heavy atom. The molecule has 2 N–H and O–H groups in total. The highest BCUT2D eigenvalue weighted by Crippen LogP contribution is 2.39. The van der Waals surface area contributed by atoms with Gasteiger partial charge in [-0.25, -0.2) is 0 Å². The summed E-state index contributed by atoms with van der Waals surface area (Å²) in [6.07, 6.45) is 3.84. The summed E-state index contributed by atoms with van der Waals surface area (Å²) in [6.45, 7) is 1.32. The van der Waals surface area contributed by atoms with E-state index in [-0.39, 0.29) is 11.3 Å². The van der Waals surface area contributed by atoms with E-state index in [4.69, 9.17) is 0 Å².